The molecule has 3 rings (SSSR count). The number of carbonyl (C=O) groups is 2. The van der Waals surface area contributed by atoms with Crippen molar-refractivity contribution in [1.29, 1.82) is 0 Å². The number of nitrogens with zero attached hydrogens (tertiary/aromatic N) is 1. The number of carboxylic acids is 1. The third kappa shape index (κ3) is 2.11. The quantitative estimate of drug-likeness (QED) is 0.750. The van der Waals surface area contributed by atoms with Crippen molar-refractivity contribution in [3.63, 3.8) is 0 Å². The molecule has 0 bridgehead atoms. The fraction of sp³-hybridized carbons (Fsp3) is 0.375. The smallest absolute Gasteiger partial charge is 0.231 e. The van der Waals surface area contributed by atoms with Crippen LogP contribution in [0.5, 0.6) is 0 Å². The highest BCUT2D eigenvalue weighted by Gasteiger charge is 2.35. The molecule has 104 valence electrons. The summed E-state index contributed by atoms with van der Waals surface area (Å²) in [5, 5.41) is 11.2. The molecule has 0 N–H and O–H groups in total. The third-order valence-corrected chi connectivity index (χ3v) is 4.21. The van der Waals surface area contributed by atoms with Crippen LogP contribution in [0.4, 0.5) is 5.69 Å². The van der Waals surface area contributed by atoms with E-state index in [-0.39, 0.29) is 5.91 Å². The molecular formula is C16H16NO3-. The summed E-state index contributed by atoms with van der Waals surface area (Å²) in [6.07, 6.45) is 5.41. The Bertz CT molecular complexity index is 579. The molecule has 2 atom stereocenters. The molecule has 1 heterocycles. The molecule has 0 spiro atoms. The largest absolute Gasteiger partial charge is 0.550 e. The van der Waals surface area contributed by atoms with Gasteiger partial charge in [-0.3, -0.25) is 4.79 Å². The zero-order chi connectivity index (χ0) is 14.1. The van der Waals surface area contributed by atoms with E-state index in [4.69, 9.17) is 0 Å². The molecule has 0 fully saturated rings. The monoisotopic (exact) mass is 270 g/mol. The molecule has 0 saturated heterocycles. The van der Waals surface area contributed by atoms with Crippen molar-refractivity contribution in [2.24, 2.45) is 11.8 Å². The molecule has 1 aliphatic carbocycles. The fourth-order valence-electron chi connectivity index (χ4n) is 3.11. The minimum absolute atomic E-state index is 0.0894. The Morgan fingerprint density at radius 1 is 1.10 bits per heavy atom. The van der Waals surface area contributed by atoms with Gasteiger partial charge in [0.1, 0.15) is 0 Å². The number of aliphatic carboxylic acids is 1. The molecule has 20 heavy (non-hydrogen) atoms. The van der Waals surface area contributed by atoms with Crippen molar-refractivity contribution in [3.8, 4) is 0 Å². The molecule has 0 saturated carbocycles. The van der Waals surface area contributed by atoms with Gasteiger partial charge in [-0.15, -0.1) is 0 Å². The molecule has 2 aliphatic rings. The van der Waals surface area contributed by atoms with E-state index in [1.165, 1.54) is 0 Å². The topological polar surface area (TPSA) is 60.4 Å². The Balaban J connectivity index is 1.86. The van der Waals surface area contributed by atoms with Gasteiger partial charge >= 0.3 is 0 Å². The third-order valence-electron chi connectivity index (χ3n) is 4.21. The van der Waals surface area contributed by atoms with E-state index in [2.05, 4.69) is 0 Å². The van der Waals surface area contributed by atoms with Crippen LogP contribution >= 0.6 is 0 Å². The maximum Gasteiger partial charge on any atom is 0.231 e. The van der Waals surface area contributed by atoms with Crippen LogP contribution in [0.1, 0.15) is 18.4 Å². The van der Waals surface area contributed by atoms with Crippen LogP contribution in [-0.4, -0.2) is 18.4 Å². The van der Waals surface area contributed by atoms with Crippen LogP contribution in [0.25, 0.3) is 0 Å². The van der Waals surface area contributed by atoms with E-state index in [1.807, 2.05) is 36.4 Å². The van der Waals surface area contributed by atoms with Gasteiger partial charge in [-0.25, -0.2) is 0 Å². The summed E-state index contributed by atoms with van der Waals surface area (Å²) in [7, 11) is 0. The summed E-state index contributed by atoms with van der Waals surface area (Å²) in [5.74, 6) is -2.43. The van der Waals surface area contributed by atoms with E-state index in [0.717, 1.165) is 17.7 Å². The molecule has 0 radical (unpaired) electrons. The highest BCUT2D eigenvalue weighted by molar-refractivity contribution is 5.99. The van der Waals surface area contributed by atoms with Gasteiger partial charge in [-0.05, 0) is 30.9 Å². The van der Waals surface area contributed by atoms with Crippen LogP contribution in [-0.2, 0) is 16.0 Å². The summed E-state index contributed by atoms with van der Waals surface area (Å²) < 4.78 is 0. The molecule has 0 aromatic heterocycles. The Kier molecular flexibility index (Phi) is 3.30. The van der Waals surface area contributed by atoms with Gasteiger partial charge in [0.15, 0.2) is 0 Å². The lowest BCUT2D eigenvalue weighted by molar-refractivity contribution is -0.313. The number of anilines is 1. The number of allylic oxidation sites excluding steroid dienone is 2. The second-order valence-corrected chi connectivity index (χ2v) is 5.34. The predicted molar refractivity (Wildman–Crippen MR) is 72.9 cm³/mol. The summed E-state index contributed by atoms with van der Waals surface area (Å²) >= 11 is 0. The van der Waals surface area contributed by atoms with Gasteiger partial charge in [0.05, 0.1) is 5.92 Å². The van der Waals surface area contributed by atoms with Crippen molar-refractivity contribution < 1.29 is 14.7 Å². The number of rotatable bonds is 2. The Morgan fingerprint density at radius 3 is 2.55 bits per heavy atom. The van der Waals surface area contributed by atoms with Crippen molar-refractivity contribution >= 4 is 17.6 Å². The molecule has 0 unspecified atom stereocenters. The maximum atomic E-state index is 12.7. The molecule has 1 aromatic rings. The van der Waals surface area contributed by atoms with Gasteiger partial charge in [-0.2, -0.15) is 0 Å². The van der Waals surface area contributed by atoms with Crippen LogP contribution in [0.15, 0.2) is 36.4 Å². The number of fused-ring (bicyclic) bond motifs is 1. The number of para-hydroxylation sites is 1. The highest BCUT2D eigenvalue weighted by atomic mass is 16.4. The number of benzene rings is 1. The molecule has 1 amide bonds. The molecular weight excluding hydrogens is 254 g/mol. The molecule has 4 heteroatoms. The van der Waals surface area contributed by atoms with Crippen molar-refractivity contribution in [2.45, 2.75) is 19.3 Å². The minimum atomic E-state index is -1.12. The van der Waals surface area contributed by atoms with Crippen molar-refractivity contribution in [2.75, 3.05) is 11.4 Å². The molecule has 4 nitrogen and oxygen atoms in total. The highest BCUT2D eigenvalue weighted by Crippen LogP contribution is 2.33. The molecule has 1 aromatic carbocycles. The van der Waals surface area contributed by atoms with Gasteiger partial charge in [0.2, 0.25) is 5.91 Å². The SMILES string of the molecule is O=C([O-])[C@@H]1CC=CC[C@H]1C(=O)N1CCc2ccccc21. The van der Waals surface area contributed by atoms with Crippen molar-refractivity contribution in [3.05, 3.63) is 42.0 Å². The second-order valence-electron chi connectivity index (χ2n) is 5.34. The fourth-order valence-corrected chi connectivity index (χ4v) is 3.11. The van der Waals surface area contributed by atoms with Crippen molar-refractivity contribution in [1.82, 2.24) is 0 Å². The first kappa shape index (κ1) is 12.9. The first-order valence-electron chi connectivity index (χ1n) is 6.93. The number of hydrogen-bond donors (Lipinski definition) is 0. The van der Waals surface area contributed by atoms with Crippen LogP contribution in [0.3, 0.4) is 0 Å². The number of carbonyl (C=O) groups excluding carboxylic acids is 2. The van der Waals surface area contributed by atoms with Gasteiger partial charge in [0.25, 0.3) is 0 Å². The van der Waals surface area contributed by atoms with Gasteiger partial charge in [-0.1, -0.05) is 30.4 Å². The summed E-state index contributed by atoms with van der Waals surface area (Å²) in [4.78, 5) is 25.6. The lowest BCUT2D eigenvalue weighted by Crippen LogP contribution is -2.45. The number of amides is 1. The summed E-state index contributed by atoms with van der Waals surface area (Å²) in [5.41, 5.74) is 2.07. The number of hydrogen-bond acceptors (Lipinski definition) is 3. The zero-order valence-corrected chi connectivity index (χ0v) is 11.1. The van der Waals surface area contributed by atoms with E-state index in [0.29, 0.717) is 19.4 Å². The summed E-state index contributed by atoms with van der Waals surface area (Å²) in [6, 6.07) is 7.80. The first-order valence-corrected chi connectivity index (χ1v) is 6.93. The van der Waals surface area contributed by atoms with Crippen LogP contribution in [0.2, 0.25) is 0 Å². The Hall–Kier alpha value is -2.10. The molecule has 1 aliphatic heterocycles. The lowest BCUT2D eigenvalue weighted by atomic mass is 9.82. The second kappa shape index (κ2) is 5.12. The minimum Gasteiger partial charge on any atom is -0.550 e. The van der Waals surface area contributed by atoms with E-state index in [9.17, 15) is 14.7 Å². The van der Waals surface area contributed by atoms with Gasteiger partial charge < -0.3 is 14.8 Å². The predicted octanol–water partition coefficient (Wildman–Crippen LogP) is 0.908. The normalized spacial score (nSPS) is 24.5. The van der Waals surface area contributed by atoms with E-state index >= 15 is 0 Å². The first-order chi connectivity index (χ1) is 9.68. The zero-order valence-electron chi connectivity index (χ0n) is 11.1. The average molecular weight is 270 g/mol. The van der Waals surface area contributed by atoms with E-state index in [1.54, 1.807) is 4.90 Å². The number of carboxylic acid groups (broad SMARTS) is 1. The Labute approximate surface area is 117 Å². The summed E-state index contributed by atoms with van der Waals surface area (Å²) in [6.45, 7) is 0.637. The maximum absolute atomic E-state index is 12.7. The lowest BCUT2D eigenvalue weighted by Gasteiger charge is -2.31. The van der Waals surface area contributed by atoms with Gasteiger partial charge in [0, 0.05) is 24.1 Å². The van der Waals surface area contributed by atoms with Crippen LogP contribution < -0.4 is 10.0 Å². The van der Waals surface area contributed by atoms with Crippen LogP contribution in [0, 0.1) is 11.8 Å². The standard InChI is InChI=1S/C16H17NO3/c18-15(12-6-2-3-7-13(12)16(19)20)17-10-9-11-5-1-4-8-14(11)17/h1-5,8,12-13H,6-7,9-10H2,(H,19,20)/p-1/t12-,13-/m1/s1. The average Bonchev–Trinajstić information content (AvgIpc) is 2.90. The Morgan fingerprint density at radius 2 is 1.80 bits per heavy atom. The van der Waals surface area contributed by atoms with E-state index < -0.39 is 17.8 Å².